The molecular weight excluding hydrogens is 296 g/mol. The van der Waals surface area contributed by atoms with Gasteiger partial charge in [0, 0.05) is 45.2 Å². The number of hydrogen-bond donors (Lipinski definition) is 0. The van der Waals surface area contributed by atoms with Crippen molar-refractivity contribution in [3.05, 3.63) is 11.6 Å². The van der Waals surface area contributed by atoms with Crippen LogP contribution in [0.3, 0.4) is 0 Å². The van der Waals surface area contributed by atoms with Crippen LogP contribution in [0.15, 0.2) is 0 Å². The Hall–Kier alpha value is -1.47. The predicted octanol–water partition coefficient (Wildman–Crippen LogP) is 0.593. The van der Waals surface area contributed by atoms with Gasteiger partial charge < -0.3 is 14.4 Å². The van der Waals surface area contributed by atoms with Gasteiger partial charge in [0.2, 0.25) is 5.91 Å². The molecule has 3 aliphatic rings. The van der Waals surface area contributed by atoms with Crippen molar-refractivity contribution >= 4 is 5.91 Å². The van der Waals surface area contributed by atoms with E-state index in [0.29, 0.717) is 19.1 Å². The van der Waals surface area contributed by atoms with Crippen LogP contribution in [0.1, 0.15) is 36.8 Å². The SMILES string of the molecule is O=C(C1CCOC1)N1CCc2nc(C3CCOCC3)nn2CC1. The first kappa shape index (κ1) is 15.1. The van der Waals surface area contributed by atoms with Gasteiger partial charge in [-0.2, -0.15) is 5.10 Å². The quantitative estimate of drug-likeness (QED) is 0.798. The highest BCUT2D eigenvalue weighted by Gasteiger charge is 2.30. The lowest BCUT2D eigenvalue weighted by Crippen LogP contribution is -2.38. The Bertz CT molecular complexity index is 536. The lowest BCUT2D eigenvalue weighted by atomic mass is 10.00. The summed E-state index contributed by atoms with van der Waals surface area (Å²) in [6.45, 7) is 5.10. The molecule has 1 atom stereocenters. The lowest BCUT2D eigenvalue weighted by Gasteiger charge is -2.23. The number of nitrogens with zero attached hydrogens (tertiary/aromatic N) is 4. The monoisotopic (exact) mass is 320 g/mol. The standard InChI is InChI=1S/C16H24N4O3/c21-16(13-4-10-23-11-13)19-5-1-14-17-15(18-20(14)7-6-19)12-2-8-22-9-3-12/h12-13H,1-11H2. The van der Waals surface area contributed by atoms with E-state index < -0.39 is 0 Å². The Morgan fingerprint density at radius 3 is 2.65 bits per heavy atom. The van der Waals surface area contributed by atoms with Gasteiger partial charge in [0.15, 0.2) is 5.82 Å². The maximum absolute atomic E-state index is 12.5. The Morgan fingerprint density at radius 1 is 1.04 bits per heavy atom. The molecule has 126 valence electrons. The van der Waals surface area contributed by atoms with Crippen LogP contribution >= 0.6 is 0 Å². The summed E-state index contributed by atoms with van der Waals surface area (Å²) in [5.74, 6) is 2.69. The number of aromatic nitrogens is 3. The third kappa shape index (κ3) is 3.12. The molecule has 2 saturated heterocycles. The molecule has 7 heteroatoms. The van der Waals surface area contributed by atoms with Crippen LogP contribution in [0.4, 0.5) is 0 Å². The zero-order valence-electron chi connectivity index (χ0n) is 13.4. The number of amides is 1. The molecule has 3 aliphatic heterocycles. The maximum atomic E-state index is 12.5. The number of ether oxygens (including phenoxy) is 2. The minimum absolute atomic E-state index is 0.0474. The fourth-order valence-electron chi connectivity index (χ4n) is 3.66. The van der Waals surface area contributed by atoms with Gasteiger partial charge in [-0.3, -0.25) is 4.79 Å². The second kappa shape index (κ2) is 6.57. The molecule has 0 bridgehead atoms. The molecule has 23 heavy (non-hydrogen) atoms. The fraction of sp³-hybridized carbons (Fsp3) is 0.812. The van der Waals surface area contributed by atoms with E-state index in [1.54, 1.807) is 0 Å². The molecular formula is C16H24N4O3. The number of rotatable bonds is 2. The van der Waals surface area contributed by atoms with E-state index in [4.69, 9.17) is 19.6 Å². The second-order valence-electron chi connectivity index (χ2n) is 6.63. The zero-order chi connectivity index (χ0) is 15.6. The molecule has 0 N–H and O–H groups in total. The molecule has 1 amide bonds. The van der Waals surface area contributed by atoms with E-state index in [9.17, 15) is 4.79 Å². The number of carbonyl (C=O) groups excluding carboxylic acids is 1. The molecule has 2 fully saturated rings. The minimum Gasteiger partial charge on any atom is -0.381 e. The van der Waals surface area contributed by atoms with Crippen molar-refractivity contribution < 1.29 is 14.3 Å². The second-order valence-corrected chi connectivity index (χ2v) is 6.63. The van der Waals surface area contributed by atoms with Crippen molar-refractivity contribution in [2.75, 3.05) is 39.5 Å². The van der Waals surface area contributed by atoms with Crippen molar-refractivity contribution in [3.63, 3.8) is 0 Å². The van der Waals surface area contributed by atoms with Gasteiger partial charge in [0.1, 0.15) is 5.82 Å². The summed E-state index contributed by atoms with van der Waals surface area (Å²) in [6, 6.07) is 0. The molecule has 7 nitrogen and oxygen atoms in total. The Balaban J connectivity index is 1.41. The van der Waals surface area contributed by atoms with Crippen LogP contribution in [-0.4, -0.2) is 65.1 Å². The first-order chi connectivity index (χ1) is 11.3. The van der Waals surface area contributed by atoms with Gasteiger partial charge >= 0.3 is 0 Å². The predicted molar refractivity (Wildman–Crippen MR) is 82.0 cm³/mol. The molecule has 0 aliphatic carbocycles. The fourth-order valence-corrected chi connectivity index (χ4v) is 3.66. The Labute approximate surface area is 135 Å². The van der Waals surface area contributed by atoms with Gasteiger partial charge in [-0.15, -0.1) is 0 Å². The van der Waals surface area contributed by atoms with E-state index in [0.717, 1.165) is 70.2 Å². The van der Waals surface area contributed by atoms with Crippen molar-refractivity contribution in [2.45, 2.75) is 38.1 Å². The van der Waals surface area contributed by atoms with E-state index in [2.05, 4.69) is 0 Å². The van der Waals surface area contributed by atoms with Gasteiger partial charge in [0.25, 0.3) is 0 Å². The Morgan fingerprint density at radius 2 is 1.87 bits per heavy atom. The highest BCUT2D eigenvalue weighted by Crippen LogP contribution is 2.25. The summed E-state index contributed by atoms with van der Waals surface area (Å²) in [4.78, 5) is 19.2. The third-order valence-corrected chi connectivity index (χ3v) is 5.13. The van der Waals surface area contributed by atoms with Crippen molar-refractivity contribution in [2.24, 2.45) is 5.92 Å². The lowest BCUT2D eigenvalue weighted by molar-refractivity contribution is -0.135. The summed E-state index contributed by atoms with van der Waals surface area (Å²) in [6.07, 6.45) is 3.66. The van der Waals surface area contributed by atoms with Crippen LogP contribution in [0, 0.1) is 5.92 Å². The van der Waals surface area contributed by atoms with E-state index in [-0.39, 0.29) is 11.8 Å². The summed E-state index contributed by atoms with van der Waals surface area (Å²) in [7, 11) is 0. The third-order valence-electron chi connectivity index (χ3n) is 5.13. The van der Waals surface area contributed by atoms with Gasteiger partial charge in [-0.05, 0) is 19.3 Å². The molecule has 1 aromatic rings. The summed E-state index contributed by atoms with van der Waals surface area (Å²) in [5.41, 5.74) is 0. The molecule has 4 rings (SSSR count). The van der Waals surface area contributed by atoms with Gasteiger partial charge in [0.05, 0.1) is 19.1 Å². The zero-order valence-corrected chi connectivity index (χ0v) is 13.4. The average molecular weight is 320 g/mol. The van der Waals surface area contributed by atoms with Crippen LogP contribution in [0.2, 0.25) is 0 Å². The van der Waals surface area contributed by atoms with E-state index in [1.165, 1.54) is 0 Å². The molecule has 1 unspecified atom stereocenters. The molecule has 0 spiro atoms. The van der Waals surface area contributed by atoms with E-state index >= 15 is 0 Å². The largest absolute Gasteiger partial charge is 0.381 e. The van der Waals surface area contributed by atoms with E-state index in [1.807, 2.05) is 9.58 Å². The normalized spacial score (nSPS) is 26.1. The van der Waals surface area contributed by atoms with Gasteiger partial charge in [-0.1, -0.05) is 0 Å². The Kier molecular flexibility index (Phi) is 4.31. The van der Waals surface area contributed by atoms with Crippen molar-refractivity contribution in [1.29, 1.82) is 0 Å². The first-order valence-electron chi connectivity index (χ1n) is 8.69. The van der Waals surface area contributed by atoms with Gasteiger partial charge in [-0.25, -0.2) is 9.67 Å². The molecule has 1 aromatic heterocycles. The van der Waals surface area contributed by atoms with Crippen LogP contribution < -0.4 is 0 Å². The molecule has 0 saturated carbocycles. The average Bonchev–Trinajstić information content (AvgIpc) is 3.22. The molecule has 4 heterocycles. The number of fused-ring (bicyclic) bond motifs is 1. The highest BCUT2D eigenvalue weighted by molar-refractivity contribution is 5.79. The van der Waals surface area contributed by atoms with Crippen molar-refractivity contribution in [1.82, 2.24) is 19.7 Å². The van der Waals surface area contributed by atoms with Crippen LogP contribution in [0.5, 0.6) is 0 Å². The number of carbonyl (C=O) groups is 1. The highest BCUT2D eigenvalue weighted by atomic mass is 16.5. The summed E-state index contributed by atoms with van der Waals surface area (Å²) >= 11 is 0. The topological polar surface area (TPSA) is 69.5 Å². The van der Waals surface area contributed by atoms with Crippen LogP contribution in [0.25, 0.3) is 0 Å². The van der Waals surface area contributed by atoms with Crippen molar-refractivity contribution in [3.8, 4) is 0 Å². The number of hydrogen-bond acceptors (Lipinski definition) is 5. The molecule has 0 radical (unpaired) electrons. The molecule has 0 aromatic carbocycles. The van der Waals surface area contributed by atoms with Crippen LogP contribution in [-0.2, 0) is 27.2 Å². The summed E-state index contributed by atoms with van der Waals surface area (Å²) in [5, 5.41) is 4.71. The smallest absolute Gasteiger partial charge is 0.228 e. The minimum atomic E-state index is 0.0474. The maximum Gasteiger partial charge on any atom is 0.228 e. The first-order valence-corrected chi connectivity index (χ1v) is 8.69. The summed E-state index contributed by atoms with van der Waals surface area (Å²) < 4.78 is 12.8.